The van der Waals surface area contributed by atoms with Crippen molar-refractivity contribution in [3.8, 4) is 0 Å². The predicted octanol–water partition coefficient (Wildman–Crippen LogP) is 5.47. The van der Waals surface area contributed by atoms with Crippen molar-refractivity contribution in [3.05, 3.63) is 40.4 Å². The third-order valence-corrected chi connectivity index (χ3v) is 9.09. The summed E-state index contributed by atoms with van der Waals surface area (Å²) in [5, 5.41) is 3.57. The molecule has 2 aliphatic heterocycles. The summed E-state index contributed by atoms with van der Waals surface area (Å²) in [6, 6.07) is 6.77. The number of benzene rings is 1. The number of hydrogen-bond donors (Lipinski definition) is 1. The van der Waals surface area contributed by atoms with E-state index < -0.39 is 9.84 Å². The molecule has 1 amide bonds. The van der Waals surface area contributed by atoms with Crippen LogP contribution in [0, 0.1) is 5.92 Å². The van der Waals surface area contributed by atoms with Gasteiger partial charge in [-0.3, -0.25) is 9.69 Å². The number of carbonyl (C=O) groups excluding carboxylic acids is 1. The minimum absolute atomic E-state index is 0. The van der Waals surface area contributed by atoms with Crippen LogP contribution < -0.4 is 5.32 Å². The molecule has 9 heteroatoms. The highest BCUT2D eigenvalue weighted by molar-refractivity contribution is 7.91. The zero-order chi connectivity index (χ0) is 23.6. The Morgan fingerprint density at radius 3 is 2.54 bits per heavy atom. The molecule has 7 nitrogen and oxygen atoms in total. The second-order valence-corrected chi connectivity index (χ2v) is 12.6. The summed E-state index contributed by atoms with van der Waals surface area (Å²) < 4.78 is 29.9. The van der Waals surface area contributed by atoms with Gasteiger partial charge in [0.15, 0.2) is 15.0 Å². The molecule has 4 rings (SSSR count). The molecule has 0 bridgehead atoms. The number of amides is 1. The van der Waals surface area contributed by atoms with Crippen LogP contribution in [0.4, 0.5) is 5.13 Å². The van der Waals surface area contributed by atoms with Crippen molar-refractivity contribution in [3.63, 3.8) is 0 Å². The molecule has 1 fully saturated rings. The first-order chi connectivity index (χ1) is 15.8. The standard InChI is InChI=1S/C24H33N3O4S2.2CH4/c1-4-33(29,30)19-10-8-17(9-11-19)13-21(28)25-24-26-22-20(32-24)15-27(23(22)16(2)3)14-18-7-5-6-12-31-18;;/h8-11,16,18,23H,4-7,12-15H2,1-3H3,(H,25,26,28);2*1H4/t18-,23-;;/m0../s1. The molecule has 196 valence electrons. The quantitative estimate of drug-likeness (QED) is 0.493. The fraction of sp³-hybridized carbons (Fsp3) is 0.615. The van der Waals surface area contributed by atoms with Crippen molar-refractivity contribution in [1.82, 2.24) is 9.88 Å². The Bertz CT molecular complexity index is 1070. The minimum atomic E-state index is -3.24. The number of nitrogens with one attached hydrogen (secondary N) is 1. The Morgan fingerprint density at radius 1 is 1.23 bits per heavy atom. The SMILES string of the molecule is C.C.CCS(=O)(=O)c1ccc(CC(=O)Nc2nc3c(s2)CN(C[C@@H]2CCCCO2)[C@H]3C(C)C)cc1. The van der Waals surface area contributed by atoms with Gasteiger partial charge in [0, 0.05) is 24.6 Å². The minimum Gasteiger partial charge on any atom is -0.377 e. The summed E-state index contributed by atoms with van der Waals surface area (Å²) in [5.41, 5.74) is 1.85. The normalized spacial score (nSPS) is 20.1. The highest BCUT2D eigenvalue weighted by Crippen LogP contribution is 2.42. The third-order valence-electron chi connectivity index (χ3n) is 6.36. The van der Waals surface area contributed by atoms with Gasteiger partial charge in [-0.2, -0.15) is 0 Å². The van der Waals surface area contributed by atoms with Gasteiger partial charge in [-0.15, -0.1) is 11.3 Å². The van der Waals surface area contributed by atoms with E-state index in [1.54, 1.807) is 42.5 Å². The molecule has 0 aliphatic carbocycles. The largest absolute Gasteiger partial charge is 0.377 e. The van der Waals surface area contributed by atoms with Crippen LogP contribution in [0.25, 0.3) is 0 Å². The van der Waals surface area contributed by atoms with Gasteiger partial charge in [0.2, 0.25) is 5.91 Å². The Morgan fingerprint density at radius 2 is 1.94 bits per heavy atom. The Hall–Kier alpha value is -1.81. The Balaban J connectivity index is 0.00000216. The molecule has 1 saturated heterocycles. The van der Waals surface area contributed by atoms with Crippen LogP contribution in [-0.4, -0.2) is 49.2 Å². The smallest absolute Gasteiger partial charge is 0.230 e. The number of hydrogen-bond acceptors (Lipinski definition) is 7. The summed E-state index contributed by atoms with van der Waals surface area (Å²) in [6.45, 7) is 8.69. The van der Waals surface area contributed by atoms with Crippen molar-refractivity contribution in [2.24, 2.45) is 5.92 Å². The highest BCUT2D eigenvalue weighted by atomic mass is 32.2. The van der Waals surface area contributed by atoms with E-state index in [0.29, 0.717) is 17.2 Å². The highest BCUT2D eigenvalue weighted by Gasteiger charge is 2.37. The Labute approximate surface area is 215 Å². The first-order valence-corrected chi connectivity index (χ1v) is 14.2. The van der Waals surface area contributed by atoms with Crippen molar-refractivity contribution in [2.45, 2.75) is 84.9 Å². The van der Waals surface area contributed by atoms with E-state index in [4.69, 9.17) is 9.72 Å². The monoisotopic (exact) mass is 523 g/mol. The van der Waals surface area contributed by atoms with Crippen LogP contribution in [0.15, 0.2) is 29.2 Å². The Kier molecular flexibility index (Phi) is 10.4. The van der Waals surface area contributed by atoms with E-state index in [-0.39, 0.29) is 43.9 Å². The van der Waals surface area contributed by atoms with E-state index >= 15 is 0 Å². The van der Waals surface area contributed by atoms with Crippen molar-refractivity contribution in [1.29, 1.82) is 0 Å². The average Bonchev–Trinajstić information content (AvgIpc) is 3.31. The number of ether oxygens (including phenoxy) is 1. The maximum atomic E-state index is 12.6. The fourth-order valence-corrected chi connectivity index (χ4v) is 6.60. The van der Waals surface area contributed by atoms with E-state index in [0.717, 1.165) is 43.8 Å². The third kappa shape index (κ3) is 6.90. The average molecular weight is 524 g/mol. The number of carbonyl (C=O) groups is 1. The van der Waals surface area contributed by atoms with Crippen LogP contribution in [0.3, 0.4) is 0 Å². The van der Waals surface area contributed by atoms with Gasteiger partial charge in [-0.25, -0.2) is 13.4 Å². The van der Waals surface area contributed by atoms with Crippen molar-refractivity contribution >= 4 is 32.2 Å². The summed E-state index contributed by atoms with van der Waals surface area (Å²) in [5.74, 6) is 0.324. The molecule has 35 heavy (non-hydrogen) atoms. The molecule has 3 heterocycles. The van der Waals surface area contributed by atoms with Gasteiger partial charge < -0.3 is 10.1 Å². The van der Waals surface area contributed by atoms with E-state index in [1.807, 2.05) is 0 Å². The molecule has 0 unspecified atom stereocenters. The molecule has 0 saturated carbocycles. The van der Waals surface area contributed by atoms with Crippen LogP contribution in [0.1, 0.15) is 77.1 Å². The topological polar surface area (TPSA) is 88.6 Å². The summed E-state index contributed by atoms with van der Waals surface area (Å²) in [7, 11) is -3.24. The van der Waals surface area contributed by atoms with E-state index in [9.17, 15) is 13.2 Å². The number of nitrogens with zero attached hydrogens (tertiary/aromatic N) is 2. The van der Waals surface area contributed by atoms with Gasteiger partial charge in [-0.1, -0.05) is 47.8 Å². The molecule has 0 radical (unpaired) electrons. The van der Waals surface area contributed by atoms with Crippen LogP contribution in [0.2, 0.25) is 0 Å². The second kappa shape index (κ2) is 12.4. The summed E-state index contributed by atoms with van der Waals surface area (Å²) >= 11 is 1.55. The van der Waals surface area contributed by atoms with Crippen molar-refractivity contribution in [2.75, 3.05) is 24.2 Å². The van der Waals surface area contributed by atoms with Crippen molar-refractivity contribution < 1.29 is 17.9 Å². The molecule has 2 atom stereocenters. The van der Waals surface area contributed by atoms with E-state index in [2.05, 4.69) is 24.1 Å². The molecular formula is C26H41N3O4S2. The first kappa shape index (κ1) is 29.4. The van der Waals surface area contributed by atoms with Gasteiger partial charge in [-0.05, 0) is 42.9 Å². The second-order valence-electron chi connectivity index (χ2n) is 9.21. The number of aromatic nitrogens is 1. The number of rotatable bonds is 8. The number of sulfone groups is 1. The zero-order valence-corrected chi connectivity index (χ0v) is 21.2. The lowest BCUT2D eigenvalue weighted by atomic mass is 10.0. The lowest BCUT2D eigenvalue weighted by Gasteiger charge is -2.32. The first-order valence-electron chi connectivity index (χ1n) is 11.7. The molecule has 1 N–H and O–H groups in total. The molecule has 0 spiro atoms. The molecule has 2 aliphatic rings. The molecule has 1 aromatic carbocycles. The molecule has 2 aromatic rings. The van der Waals surface area contributed by atoms with Crippen LogP contribution in [0.5, 0.6) is 0 Å². The van der Waals surface area contributed by atoms with Gasteiger partial charge in [0.05, 0.1) is 34.9 Å². The lowest BCUT2D eigenvalue weighted by Crippen LogP contribution is -2.36. The fourth-order valence-electron chi connectivity index (χ4n) is 4.68. The molecule has 1 aromatic heterocycles. The van der Waals surface area contributed by atoms with Crippen LogP contribution >= 0.6 is 11.3 Å². The van der Waals surface area contributed by atoms with E-state index in [1.165, 1.54) is 11.3 Å². The van der Waals surface area contributed by atoms with Gasteiger partial charge in [0.1, 0.15) is 0 Å². The lowest BCUT2D eigenvalue weighted by molar-refractivity contribution is -0.115. The maximum Gasteiger partial charge on any atom is 0.230 e. The summed E-state index contributed by atoms with van der Waals surface area (Å²) in [4.78, 5) is 21.4. The zero-order valence-electron chi connectivity index (χ0n) is 19.5. The summed E-state index contributed by atoms with van der Waals surface area (Å²) in [6.07, 6.45) is 3.99. The van der Waals surface area contributed by atoms with Gasteiger partial charge in [0.25, 0.3) is 0 Å². The maximum absolute atomic E-state index is 12.6. The van der Waals surface area contributed by atoms with Gasteiger partial charge >= 0.3 is 0 Å². The number of anilines is 1. The predicted molar refractivity (Wildman–Crippen MR) is 144 cm³/mol. The number of thiazole rings is 1. The van der Waals surface area contributed by atoms with Crippen LogP contribution in [-0.2, 0) is 32.3 Å². The number of fused-ring (bicyclic) bond motifs is 1. The molecular weight excluding hydrogens is 482 g/mol.